The summed E-state index contributed by atoms with van der Waals surface area (Å²) in [6, 6.07) is 7.25. The van der Waals surface area contributed by atoms with Crippen LogP contribution in [0.5, 0.6) is 0 Å². The van der Waals surface area contributed by atoms with Gasteiger partial charge < -0.3 is 9.67 Å². The van der Waals surface area contributed by atoms with Gasteiger partial charge in [-0.25, -0.2) is 0 Å². The molecule has 0 saturated heterocycles. The fourth-order valence-corrected chi connectivity index (χ4v) is 0.706. The zero-order valence-corrected chi connectivity index (χ0v) is 11.0. The monoisotopic (exact) mass is 207 g/mol. The molecule has 0 spiro atoms. The Balaban J connectivity index is 0.000000364. The Morgan fingerprint density at radius 2 is 1.79 bits per heavy atom. The van der Waals surface area contributed by atoms with Gasteiger partial charge in [0.2, 0.25) is 0 Å². The molecule has 2 nitrogen and oxygen atoms in total. The second kappa shape index (κ2) is 7.33. The van der Waals surface area contributed by atoms with Gasteiger partial charge in [-0.3, -0.25) is 0 Å². The van der Waals surface area contributed by atoms with Crippen LogP contribution in [0.3, 0.4) is 0 Å². The highest BCUT2D eigenvalue weighted by molar-refractivity contribution is 6.03. The lowest BCUT2D eigenvalue weighted by Crippen LogP contribution is -2.02. The maximum Gasteiger partial charge on any atom is 0.0777 e. The second-order valence-corrected chi connectivity index (χ2v) is 5.13. The SMILES string of the molecule is C#Cc1ccc(CO)cc1.CN(C)[SiH3]. The van der Waals surface area contributed by atoms with E-state index in [1.165, 1.54) is 10.4 Å². The number of benzene rings is 1. The molecule has 0 heterocycles. The van der Waals surface area contributed by atoms with Crippen LogP contribution in [0.25, 0.3) is 0 Å². The summed E-state index contributed by atoms with van der Waals surface area (Å²) in [5, 5.41) is 8.65. The molecule has 76 valence electrons. The number of aliphatic hydroxyl groups excluding tert-OH is 1. The molecule has 1 aromatic rings. The van der Waals surface area contributed by atoms with Crippen molar-refractivity contribution >= 4 is 10.4 Å². The van der Waals surface area contributed by atoms with Crippen molar-refractivity contribution in [1.29, 1.82) is 0 Å². The van der Waals surface area contributed by atoms with Crippen molar-refractivity contribution in [1.82, 2.24) is 4.57 Å². The average molecular weight is 207 g/mol. The van der Waals surface area contributed by atoms with E-state index in [0.29, 0.717) is 0 Å². The number of terminal acetylenes is 1. The fraction of sp³-hybridized carbons (Fsp3) is 0.273. The van der Waals surface area contributed by atoms with E-state index >= 15 is 0 Å². The molecular formula is C11H17NOSi. The number of hydrogen-bond acceptors (Lipinski definition) is 2. The Morgan fingerprint density at radius 1 is 1.36 bits per heavy atom. The number of nitrogens with zero attached hydrogens (tertiary/aromatic N) is 1. The summed E-state index contributed by atoms with van der Waals surface area (Å²) in [4.78, 5) is 0. The molecule has 1 N–H and O–H groups in total. The van der Waals surface area contributed by atoms with Crippen LogP contribution in [-0.2, 0) is 6.61 Å². The highest BCUT2D eigenvalue weighted by Crippen LogP contribution is 2.01. The van der Waals surface area contributed by atoms with Gasteiger partial charge in [0.15, 0.2) is 0 Å². The Hall–Kier alpha value is -1.08. The fourth-order valence-electron chi connectivity index (χ4n) is 0.706. The quantitative estimate of drug-likeness (QED) is 0.517. The molecule has 0 aliphatic carbocycles. The standard InChI is InChI=1S/C9H8O.C2H9NSi/c1-2-8-3-5-9(7-10)6-4-8;1-3(2)4/h1,3-6,10H,7H2;1-2,4H3. The number of rotatable bonds is 1. The Labute approximate surface area is 89.1 Å². The minimum atomic E-state index is 0.0743. The molecule has 14 heavy (non-hydrogen) atoms. The van der Waals surface area contributed by atoms with E-state index in [9.17, 15) is 0 Å². The first-order chi connectivity index (χ1) is 6.60. The van der Waals surface area contributed by atoms with Crippen LogP contribution >= 0.6 is 0 Å². The molecule has 0 radical (unpaired) electrons. The highest BCUT2D eigenvalue weighted by atomic mass is 28.2. The average Bonchev–Trinajstić information content (AvgIpc) is 2.17. The van der Waals surface area contributed by atoms with E-state index < -0.39 is 0 Å². The molecule has 0 saturated carbocycles. The Kier molecular flexibility index (Phi) is 6.77. The van der Waals surface area contributed by atoms with E-state index in [1.807, 2.05) is 24.3 Å². The van der Waals surface area contributed by atoms with Crippen LogP contribution in [0.15, 0.2) is 24.3 Å². The summed E-state index contributed by atoms with van der Waals surface area (Å²) in [6.45, 7) is 0.0743. The first-order valence-electron chi connectivity index (χ1n) is 4.37. The van der Waals surface area contributed by atoms with Crippen molar-refractivity contribution in [2.75, 3.05) is 14.1 Å². The van der Waals surface area contributed by atoms with E-state index in [4.69, 9.17) is 11.5 Å². The molecule has 0 fully saturated rings. The van der Waals surface area contributed by atoms with E-state index in [1.54, 1.807) is 0 Å². The van der Waals surface area contributed by atoms with Crippen molar-refractivity contribution in [2.24, 2.45) is 0 Å². The minimum Gasteiger partial charge on any atom is -0.392 e. The third-order valence-electron chi connectivity index (χ3n) is 1.30. The predicted octanol–water partition coefficient (Wildman–Crippen LogP) is -0.0114. The van der Waals surface area contributed by atoms with Crippen molar-refractivity contribution in [2.45, 2.75) is 6.61 Å². The molecule has 1 rings (SSSR count). The predicted molar refractivity (Wildman–Crippen MR) is 63.9 cm³/mol. The summed E-state index contributed by atoms with van der Waals surface area (Å²) in [6.07, 6.45) is 5.13. The molecular weight excluding hydrogens is 190 g/mol. The topological polar surface area (TPSA) is 23.5 Å². The van der Waals surface area contributed by atoms with Gasteiger partial charge in [0.25, 0.3) is 0 Å². The lowest BCUT2D eigenvalue weighted by atomic mass is 10.1. The normalized spacial score (nSPS) is 9.07. The minimum absolute atomic E-state index is 0.0743. The van der Waals surface area contributed by atoms with E-state index in [2.05, 4.69) is 24.6 Å². The molecule has 0 amide bonds. The van der Waals surface area contributed by atoms with Crippen LogP contribution in [0.2, 0.25) is 0 Å². The van der Waals surface area contributed by atoms with E-state index in [-0.39, 0.29) is 6.61 Å². The maximum absolute atomic E-state index is 8.65. The Bertz CT molecular complexity index is 284. The largest absolute Gasteiger partial charge is 0.392 e. The summed E-state index contributed by atoms with van der Waals surface area (Å²) in [5.41, 5.74) is 1.73. The van der Waals surface area contributed by atoms with Gasteiger partial charge in [-0.05, 0) is 31.8 Å². The molecule has 0 bridgehead atoms. The second-order valence-electron chi connectivity index (χ2n) is 3.34. The summed E-state index contributed by atoms with van der Waals surface area (Å²) in [7, 11) is 5.31. The lowest BCUT2D eigenvalue weighted by molar-refractivity contribution is 0.282. The van der Waals surface area contributed by atoms with Gasteiger partial charge in [0.1, 0.15) is 0 Å². The van der Waals surface area contributed by atoms with E-state index in [0.717, 1.165) is 11.1 Å². The first kappa shape index (κ1) is 12.9. The van der Waals surface area contributed by atoms with Gasteiger partial charge in [0.05, 0.1) is 17.0 Å². The molecule has 0 aromatic heterocycles. The third kappa shape index (κ3) is 6.43. The molecule has 0 aliphatic heterocycles. The maximum atomic E-state index is 8.65. The van der Waals surface area contributed by atoms with Crippen LogP contribution in [0, 0.1) is 12.3 Å². The van der Waals surface area contributed by atoms with Crippen LogP contribution < -0.4 is 0 Å². The van der Waals surface area contributed by atoms with Crippen molar-refractivity contribution in [3.63, 3.8) is 0 Å². The molecule has 3 heteroatoms. The highest BCUT2D eigenvalue weighted by Gasteiger charge is 1.87. The smallest absolute Gasteiger partial charge is 0.0777 e. The summed E-state index contributed by atoms with van der Waals surface area (Å²) < 4.78 is 2.14. The molecule has 0 atom stereocenters. The van der Waals surface area contributed by atoms with Crippen LogP contribution in [0.4, 0.5) is 0 Å². The van der Waals surface area contributed by atoms with Gasteiger partial charge in [-0.1, -0.05) is 18.1 Å². The van der Waals surface area contributed by atoms with Crippen molar-refractivity contribution < 1.29 is 5.11 Å². The summed E-state index contributed by atoms with van der Waals surface area (Å²) >= 11 is 0. The summed E-state index contributed by atoms with van der Waals surface area (Å²) in [5.74, 6) is 2.50. The van der Waals surface area contributed by atoms with Gasteiger partial charge >= 0.3 is 0 Å². The van der Waals surface area contributed by atoms with Crippen LogP contribution in [0.1, 0.15) is 11.1 Å². The lowest BCUT2D eigenvalue weighted by Gasteiger charge is -1.93. The van der Waals surface area contributed by atoms with Gasteiger partial charge in [-0.15, -0.1) is 6.42 Å². The molecule has 0 aliphatic rings. The Morgan fingerprint density at radius 3 is 2.07 bits per heavy atom. The van der Waals surface area contributed by atoms with Gasteiger partial charge in [0, 0.05) is 5.56 Å². The van der Waals surface area contributed by atoms with Crippen molar-refractivity contribution in [3.05, 3.63) is 35.4 Å². The zero-order chi connectivity index (χ0) is 11.0. The van der Waals surface area contributed by atoms with Crippen molar-refractivity contribution in [3.8, 4) is 12.3 Å². The molecule has 1 aromatic carbocycles. The van der Waals surface area contributed by atoms with Crippen LogP contribution in [-0.4, -0.2) is 34.2 Å². The first-order valence-corrected chi connectivity index (χ1v) is 5.27. The zero-order valence-electron chi connectivity index (χ0n) is 8.99. The molecule has 0 unspecified atom stereocenters. The van der Waals surface area contributed by atoms with Gasteiger partial charge in [-0.2, -0.15) is 0 Å². The number of aliphatic hydroxyl groups is 1. The third-order valence-corrected chi connectivity index (χ3v) is 1.30. The number of hydrogen-bond donors (Lipinski definition) is 1.